The normalized spacial score (nSPS) is 12.0. The predicted molar refractivity (Wildman–Crippen MR) is 100 cm³/mol. The first-order valence-electron chi connectivity index (χ1n) is 7.70. The average Bonchev–Trinajstić information content (AvgIpc) is 3.09. The van der Waals surface area contributed by atoms with Crippen LogP contribution in [0.2, 0.25) is 0 Å². The van der Waals surface area contributed by atoms with E-state index < -0.39 is 0 Å². The van der Waals surface area contributed by atoms with Gasteiger partial charge in [0.15, 0.2) is 16.6 Å². The largest absolute Gasteiger partial charge is 0.454 e. The van der Waals surface area contributed by atoms with Gasteiger partial charge in [0.05, 0.1) is 0 Å². The van der Waals surface area contributed by atoms with Gasteiger partial charge in [0.25, 0.3) is 5.91 Å². The first kappa shape index (κ1) is 15.4. The molecule has 6 heteroatoms. The number of fused-ring (bicyclic) bond motifs is 2. The zero-order chi connectivity index (χ0) is 17.2. The monoisotopic (exact) mass is 350 g/mol. The number of anilines is 1. The maximum absolute atomic E-state index is 12.4. The summed E-state index contributed by atoms with van der Waals surface area (Å²) in [6.07, 6.45) is 0. The number of carbonyl (C=O) groups excluding carboxylic acids is 1. The van der Waals surface area contributed by atoms with Crippen molar-refractivity contribution in [2.24, 2.45) is 0 Å². The van der Waals surface area contributed by atoms with E-state index in [0.29, 0.717) is 17.1 Å². The van der Waals surface area contributed by atoms with Crippen LogP contribution < -0.4 is 20.1 Å². The quantitative estimate of drug-likeness (QED) is 0.690. The highest BCUT2D eigenvalue weighted by Crippen LogP contribution is 2.32. The zero-order valence-electron chi connectivity index (χ0n) is 13.1. The number of thiocarbonyl (C=S) groups is 1. The zero-order valence-corrected chi connectivity index (χ0v) is 13.9. The molecule has 0 saturated heterocycles. The van der Waals surface area contributed by atoms with Crippen molar-refractivity contribution in [1.82, 2.24) is 5.32 Å². The minimum atomic E-state index is -0.309. The van der Waals surface area contributed by atoms with Crippen LogP contribution in [0.3, 0.4) is 0 Å². The highest BCUT2D eigenvalue weighted by atomic mass is 32.1. The number of hydrogen-bond acceptors (Lipinski definition) is 4. The molecule has 0 aromatic heterocycles. The minimum absolute atomic E-state index is 0.168. The van der Waals surface area contributed by atoms with Crippen LogP contribution in [0.4, 0.5) is 5.69 Å². The van der Waals surface area contributed by atoms with Gasteiger partial charge < -0.3 is 14.8 Å². The molecule has 2 N–H and O–H groups in total. The lowest BCUT2D eigenvalue weighted by atomic mass is 10.1. The van der Waals surface area contributed by atoms with Crippen LogP contribution in [0.1, 0.15) is 10.4 Å². The Hall–Kier alpha value is -3.12. The van der Waals surface area contributed by atoms with Gasteiger partial charge in [-0.3, -0.25) is 10.1 Å². The fourth-order valence-electron chi connectivity index (χ4n) is 2.70. The van der Waals surface area contributed by atoms with Crippen LogP contribution in [-0.2, 0) is 0 Å². The highest BCUT2D eigenvalue weighted by molar-refractivity contribution is 7.80. The van der Waals surface area contributed by atoms with E-state index in [1.165, 1.54) is 0 Å². The maximum atomic E-state index is 12.4. The van der Waals surface area contributed by atoms with Crippen molar-refractivity contribution in [2.75, 3.05) is 12.1 Å². The molecule has 0 spiro atoms. The smallest absolute Gasteiger partial charge is 0.257 e. The molecular formula is C19H14N2O3S. The Morgan fingerprint density at radius 2 is 1.76 bits per heavy atom. The number of hydrogen-bond donors (Lipinski definition) is 2. The second-order valence-electron chi connectivity index (χ2n) is 5.50. The van der Waals surface area contributed by atoms with Crippen molar-refractivity contribution in [3.05, 3.63) is 66.2 Å². The van der Waals surface area contributed by atoms with Crippen LogP contribution in [0.15, 0.2) is 60.7 Å². The molecule has 1 amide bonds. The van der Waals surface area contributed by atoms with Crippen molar-refractivity contribution in [2.45, 2.75) is 0 Å². The van der Waals surface area contributed by atoms with Crippen molar-refractivity contribution in [1.29, 1.82) is 0 Å². The lowest BCUT2D eigenvalue weighted by Crippen LogP contribution is -2.34. The predicted octanol–water partition coefficient (Wildman–Crippen LogP) is 3.70. The topological polar surface area (TPSA) is 59.6 Å². The molecule has 0 radical (unpaired) electrons. The molecule has 5 nitrogen and oxygen atoms in total. The third-order valence-corrected chi connectivity index (χ3v) is 4.10. The lowest BCUT2D eigenvalue weighted by Gasteiger charge is -2.12. The third kappa shape index (κ3) is 3.12. The molecule has 0 fully saturated rings. The lowest BCUT2D eigenvalue weighted by molar-refractivity contribution is 0.0977. The van der Waals surface area contributed by atoms with E-state index in [0.717, 1.165) is 16.5 Å². The van der Waals surface area contributed by atoms with Crippen molar-refractivity contribution >= 4 is 39.7 Å². The van der Waals surface area contributed by atoms with E-state index in [2.05, 4.69) is 10.6 Å². The molecule has 0 saturated carbocycles. The molecule has 1 heterocycles. The molecule has 124 valence electrons. The van der Waals surface area contributed by atoms with E-state index in [1.807, 2.05) is 42.5 Å². The highest BCUT2D eigenvalue weighted by Gasteiger charge is 2.17. The summed E-state index contributed by atoms with van der Waals surface area (Å²) in [7, 11) is 0. The Bertz CT molecular complexity index is 982. The number of ether oxygens (including phenoxy) is 2. The van der Waals surface area contributed by atoms with E-state index in [1.54, 1.807) is 18.2 Å². The van der Waals surface area contributed by atoms with E-state index >= 15 is 0 Å². The van der Waals surface area contributed by atoms with Gasteiger partial charge in [-0.25, -0.2) is 0 Å². The molecule has 4 rings (SSSR count). The summed E-state index contributed by atoms with van der Waals surface area (Å²) >= 11 is 5.28. The Kier molecular flexibility index (Phi) is 3.95. The fraction of sp³-hybridized carbons (Fsp3) is 0.0526. The molecule has 0 bridgehead atoms. The van der Waals surface area contributed by atoms with Crippen LogP contribution >= 0.6 is 12.2 Å². The molecule has 0 unspecified atom stereocenters. The van der Waals surface area contributed by atoms with Gasteiger partial charge >= 0.3 is 0 Å². The van der Waals surface area contributed by atoms with Gasteiger partial charge in [0.1, 0.15) is 0 Å². The molecule has 3 aromatic rings. The number of carbonyl (C=O) groups is 1. The number of rotatable bonds is 2. The van der Waals surface area contributed by atoms with Crippen molar-refractivity contribution in [3.8, 4) is 11.5 Å². The maximum Gasteiger partial charge on any atom is 0.257 e. The van der Waals surface area contributed by atoms with E-state index in [4.69, 9.17) is 21.7 Å². The van der Waals surface area contributed by atoms with Crippen molar-refractivity contribution in [3.63, 3.8) is 0 Å². The number of benzene rings is 3. The minimum Gasteiger partial charge on any atom is -0.454 e. The van der Waals surface area contributed by atoms with E-state index in [9.17, 15) is 4.79 Å². The Morgan fingerprint density at radius 3 is 2.68 bits per heavy atom. The second kappa shape index (κ2) is 6.41. The van der Waals surface area contributed by atoms with Gasteiger partial charge in [0.2, 0.25) is 6.79 Å². The van der Waals surface area contributed by atoms with Crippen LogP contribution in [0.25, 0.3) is 10.8 Å². The summed E-state index contributed by atoms with van der Waals surface area (Å²) in [5.74, 6) is 0.879. The van der Waals surface area contributed by atoms with Gasteiger partial charge in [0, 0.05) is 16.6 Å². The van der Waals surface area contributed by atoms with Crippen LogP contribution in [0, 0.1) is 0 Å². The Labute approximate surface area is 149 Å². The van der Waals surface area contributed by atoms with E-state index in [-0.39, 0.29) is 17.8 Å². The summed E-state index contributed by atoms with van der Waals surface area (Å²) in [5, 5.41) is 8.13. The summed E-state index contributed by atoms with van der Waals surface area (Å²) in [4.78, 5) is 12.4. The molecule has 0 atom stereocenters. The van der Waals surface area contributed by atoms with Crippen LogP contribution in [-0.4, -0.2) is 17.8 Å². The summed E-state index contributed by atoms with van der Waals surface area (Å²) in [5.41, 5.74) is 1.29. The molecule has 1 aliphatic rings. The van der Waals surface area contributed by atoms with Crippen molar-refractivity contribution < 1.29 is 14.3 Å². The summed E-state index contributed by atoms with van der Waals surface area (Å²) in [6, 6.07) is 18.9. The molecular weight excluding hydrogens is 336 g/mol. The first-order valence-corrected chi connectivity index (χ1v) is 8.11. The summed E-state index contributed by atoms with van der Waals surface area (Å²) < 4.78 is 10.5. The molecule has 25 heavy (non-hydrogen) atoms. The SMILES string of the molecule is O=C(NC(=S)Nc1cccc2ccccc12)c1ccc2c(c1)OCO2. The number of amides is 1. The Balaban J connectivity index is 1.49. The standard InChI is InChI=1S/C19H14N2O3S/c22-18(13-8-9-16-17(10-13)24-11-23-16)21-19(25)20-15-7-3-5-12-4-1-2-6-14(12)15/h1-10H,11H2,(H2,20,21,22,25). The Morgan fingerprint density at radius 1 is 0.960 bits per heavy atom. The second-order valence-corrected chi connectivity index (χ2v) is 5.91. The number of nitrogens with one attached hydrogen (secondary N) is 2. The molecule has 3 aromatic carbocycles. The van der Waals surface area contributed by atoms with Gasteiger partial charge in [-0.2, -0.15) is 0 Å². The van der Waals surface area contributed by atoms with Gasteiger partial charge in [-0.15, -0.1) is 0 Å². The first-order chi connectivity index (χ1) is 12.2. The summed E-state index contributed by atoms with van der Waals surface area (Å²) in [6.45, 7) is 0.168. The van der Waals surface area contributed by atoms with Crippen LogP contribution in [0.5, 0.6) is 11.5 Å². The average molecular weight is 350 g/mol. The molecule has 1 aliphatic heterocycles. The molecule has 0 aliphatic carbocycles. The fourth-order valence-corrected chi connectivity index (χ4v) is 2.90. The van der Waals surface area contributed by atoms with Gasteiger partial charge in [-0.05, 0) is 41.9 Å². The third-order valence-electron chi connectivity index (χ3n) is 3.90. The van der Waals surface area contributed by atoms with Gasteiger partial charge in [-0.1, -0.05) is 36.4 Å².